The van der Waals surface area contributed by atoms with Crippen LogP contribution < -0.4 is 15.0 Å². The SMILES string of the molecule is CCOc1cccc(N2C(=O)C(Nc3ccccc3)=C(c3ccccc3)C2=O)c1. The third-order valence-electron chi connectivity index (χ3n) is 4.58. The predicted molar refractivity (Wildman–Crippen MR) is 114 cm³/mol. The summed E-state index contributed by atoms with van der Waals surface area (Å²) in [5.74, 6) is -0.157. The Hall–Kier alpha value is -3.86. The van der Waals surface area contributed by atoms with Crippen LogP contribution in [0.1, 0.15) is 12.5 Å². The zero-order valence-corrected chi connectivity index (χ0v) is 16.0. The molecule has 29 heavy (non-hydrogen) atoms. The number of nitrogens with one attached hydrogen (secondary N) is 1. The fourth-order valence-corrected chi connectivity index (χ4v) is 3.30. The zero-order valence-electron chi connectivity index (χ0n) is 16.0. The lowest BCUT2D eigenvalue weighted by Gasteiger charge is -2.16. The first-order valence-corrected chi connectivity index (χ1v) is 9.42. The Morgan fingerprint density at radius 3 is 2.21 bits per heavy atom. The number of amides is 2. The molecule has 5 heteroatoms. The molecule has 0 aliphatic carbocycles. The second kappa shape index (κ2) is 8.02. The van der Waals surface area contributed by atoms with Gasteiger partial charge in [0.15, 0.2) is 0 Å². The molecule has 0 saturated heterocycles. The van der Waals surface area contributed by atoms with E-state index in [2.05, 4.69) is 5.32 Å². The molecule has 4 rings (SSSR count). The summed E-state index contributed by atoms with van der Waals surface area (Å²) in [6.45, 7) is 2.38. The van der Waals surface area contributed by atoms with E-state index in [0.29, 0.717) is 29.2 Å². The first-order chi connectivity index (χ1) is 14.2. The summed E-state index contributed by atoms with van der Waals surface area (Å²) >= 11 is 0. The molecule has 3 aromatic rings. The van der Waals surface area contributed by atoms with Crippen LogP contribution in [0.15, 0.2) is 90.6 Å². The van der Waals surface area contributed by atoms with Gasteiger partial charge in [0, 0.05) is 11.8 Å². The number of imide groups is 1. The second-order valence-corrected chi connectivity index (χ2v) is 6.48. The van der Waals surface area contributed by atoms with Crippen LogP contribution in [0, 0.1) is 0 Å². The monoisotopic (exact) mass is 384 g/mol. The van der Waals surface area contributed by atoms with Gasteiger partial charge in [-0.05, 0) is 36.8 Å². The van der Waals surface area contributed by atoms with Crippen LogP contribution in [0.3, 0.4) is 0 Å². The molecular formula is C24H20N2O3. The van der Waals surface area contributed by atoms with Gasteiger partial charge in [-0.15, -0.1) is 0 Å². The Morgan fingerprint density at radius 2 is 1.52 bits per heavy atom. The van der Waals surface area contributed by atoms with Crippen LogP contribution in [0.5, 0.6) is 5.75 Å². The number of carbonyl (C=O) groups excluding carboxylic acids is 2. The Bertz CT molecular complexity index is 1080. The predicted octanol–water partition coefficient (Wildman–Crippen LogP) is 4.48. The Labute approximate surface area is 169 Å². The number of hydrogen-bond acceptors (Lipinski definition) is 4. The summed E-state index contributed by atoms with van der Waals surface area (Å²) in [5.41, 5.74) is 2.51. The minimum atomic E-state index is -0.397. The van der Waals surface area contributed by atoms with Crippen molar-refractivity contribution in [1.29, 1.82) is 0 Å². The molecule has 0 atom stereocenters. The number of para-hydroxylation sites is 1. The number of rotatable bonds is 6. The lowest BCUT2D eigenvalue weighted by atomic mass is 10.0. The van der Waals surface area contributed by atoms with E-state index in [1.165, 1.54) is 4.90 Å². The topological polar surface area (TPSA) is 58.6 Å². The van der Waals surface area contributed by atoms with Crippen LogP contribution in [0.25, 0.3) is 5.57 Å². The van der Waals surface area contributed by atoms with Crippen molar-refractivity contribution in [1.82, 2.24) is 0 Å². The van der Waals surface area contributed by atoms with Crippen molar-refractivity contribution in [2.24, 2.45) is 0 Å². The molecule has 0 spiro atoms. The minimum Gasteiger partial charge on any atom is -0.494 e. The Balaban J connectivity index is 1.78. The summed E-state index contributed by atoms with van der Waals surface area (Å²) < 4.78 is 5.53. The number of benzene rings is 3. The maximum Gasteiger partial charge on any atom is 0.282 e. The zero-order chi connectivity index (χ0) is 20.2. The molecule has 0 bridgehead atoms. The number of anilines is 2. The maximum atomic E-state index is 13.4. The van der Waals surface area contributed by atoms with Gasteiger partial charge in [0.1, 0.15) is 11.4 Å². The van der Waals surface area contributed by atoms with Gasteiger partial charge in [0.05, 0.1) is 17.9 Å². The number of ether oxygens (including phenoxy) is 1. The van der Waals surface area contributed by atoms with Crippen molar-refractivity contribution in [3.63, 3.8) is 0 Å². The van der Waals surface area contributed by atoms with Gasteiger partial charge in [0.2, 0.25) is 0 Å². The molecule has 0 saturated carbocycles. The van der Waals surface area contributed by atoms with Gasteiger partial charge < -0.3 is 10.1 Å². The average Bonchev–Trinajstić information content (AvgIpc) is 2.99. The van der Waals surface area contributed by atoms with Gasteiger partial charge in [-0.25, -0.2) is 4.90 Å². The molecule has 3 aromatic carbocycles. The highest BCUT2D eigenvalue weighted by Crippen LogP contribution is 2.34. The van der Waals surface area contributed by atoms with Crippen LogP contribution in [0.2, 0.25) is 0 Å². The second-order valence-electron chi connectivity index (χ2n) is 6.48. The lowest BCUT2D eigenvalue weighted by Crippen LogP contribution is -2.32. The van der Waals surface area contributed by atoms with Crippen molar-refractivity contribution >= 4 is 28.8 Å². The minimum absolute atomic E-state index is 0.259. The fraction of sp³-hybridized carbons (Fsp3) is 0.0833. The van der Waals surface area contributed by atoms with Crippen molar-refractivity contribution in [2.45, 2.75) is 6.92 Å². The van der Waals surface area contributed by atoms with E-state index >= 15 is 0 Å². The summed E-state index contributed by atoms with van der Waals surface area (Å²) in [5, 5.41) is 3.15. The molecule has 5 nitrogen and oxygen atoms in total. The standard InChI is InChI=1S/C24H20N2O3/c1-2-29-20-15-9-14-19(16-20)26-23(27)21(17-10-5-3-6-11-17)22(24(26)28)25-18-12-7-4-8-13-18/h3-16,25H,2H2,1H3. The average molecular weight is 384 g/mol. The van der Waals surface area contributed by atoms with E-state index in [-0.39, 0.29) is 11.6 Å². The molecular weight excluding hydrogens is 364 g/mol. The van der Waals surface area contributed by atoms with Gasteiger partial charge >= 0.3 is 0 Å². The number of nitrogens with zero attached hydrogens (tertiary/aromatic N) is 1. The van der Waals surface area contributed by atoms with Crippen LogP contribution in [0.4, 0.5) is 11.4 Å². The molecule has 0 fully saturated rings. The first-order valence-electron chi connectivity index (χ1n) is 9.42. The quantitative estimate of drug-likeness (QED) is 0.637. The molecule has 2 amide bonds. The van der Waals surface area contributed by atoms with Gasteiger partial charge in [-0.3, -0.25) is 9.59 Å². The molecule has 1 aliphatic heterocycles. The summed E-state index contributed by atoms with van der Waals surface area (Å²) in [7, 11) is 0. The highest BCUT2D eigenvalue weighted by Gasteiger charge is 2.40. The highest BCUT2D eigenvalue weighted by atomic mass is 16.5. The van der Waals surface area contributed by atoms with Gasteiger partial charge in [0.25, 0.3) is 11.8 Å². The third kappa shape index (κ3) is 3.62. The molecule has 144 valence electrons. The van der Waals surface area contributed by atoms with Crippen LogP contribution >= 0.6 is 0 Å². The smallest absolute Gasteiger partial charge is 0.282 e. The number of carbonyl (C=O) groups is 2. The van der Waals surface area contributed by atoms with E-state index < -0.39 is 5.91 Å². The maximum absolute atomic E-state index is 13.4. The molecule has 0 radical (unpaired) electrons. The molecule has 0 unspecified atom stereocenters. The van der Waals surface area contributed by atoms with E-state index in [4.69, 9.17) is 4.74 Å². The normalized spacial score (nSPS) is 13.8. The highest BCUT2D eigenvalue weighted by molar-refractivity contribution is 6.46. The molecule has 1 N–H and O–H groups in total. The molecule has 1 heterocycles. The van der Waals surface area contributed by atoms with Gasteiger partial charge in [-0.2, -0.15) is 0 Å². The summed E-state index contributed by atoms with van der Waals surface area (Å²) in [6.07, 6.45) is 0. The van der Waals surface area contributed by atoms with E-state index in [0.717, 1.165) is 5.69 Å². The fourth-order valence-electron chi connectivity index (χ4n) is 3.30. The Morgan fingerprint density at radius 1 is 0.828 bits per heavy atom. The first kappa shape index (κ1) is 18.5. The van der Waals surface area contributed by atoms with Crippen molar-refractivity contribution in [3.8, 4) is 5.75 Å². The van der Waals surface area contributed by atoms with Crippen molar-refractivity contribution in [2.75, 3.05) is 16.8 Å². The Kier molecular flexibility index (Phi) is 5.12. The molecule has 0 aromatic heterocycles. The third-order valence-corrected chi connectivity index (χ3v) is 4.58. The largest absolute Gasteiger partial charge is 0.494 e. The summed E-state index contributed by atoms with van der Waals surface area (Å²) in [4.78, 5) is 27.9. The van der Waals surface area contributed by atoms with E-state index in [9.17, 15) is 9.59 Å². The van der Waals surface area contributed by atoms with Gasteiger partial charge in [-0.1, -0.05) is 54.6 Å². The van der Waals surface area contributed by atoms with Crippen LogP contribution in [-0.2, 0) is 9.59 Å². The molecule has 1 aliphatic rings. The number of hydrogen-bond donors (Lipinski definition) is 1. The van der Waals surface area contributed by atoms with Crippen molar-refractivity contribution < 1.29 is 14.3 Å². The van der Waals surface area contributed by atoms with Crippen LogP contribution in [-0.4, -0.2) is 18.4 Å². The van der Waals surface area contributed by atoms with Crippen molar-refractivity contribution in [3.05, 3.63) is 96.2 Å². The van der Waals surface area contributed by atoms with E-state index in [1.54, 1.807) is 24.3 Å². The van der Waals surface area contributed by atoms with E-state index in [1.807, 2.05) is 67.6 Å². The lowest BCUT2D eigenvalue weighted by molar-refractivity contribution is -0.120. The summed E-state index contributed by atoms with van der Waals surface area (Å²) in [6, 6.07) is 25.6.